The quantitative estimate of drug-likeness (QED) is 0.672. The molecule has 3 rings (SSSR count). The minimum absolute atomic E-state index is 0.0561. The summed E-state index contributed by atoms with van der Waals surface area (Å²) in [6.45, 7) is 5.99. The second-order valence-electron chi connectivity index (χ2n) is 5.35. The molecular formula is C14H14FNO. The van der Waals surface area contributed by atoms with Crippen molar-refractivity contribution in [3.63, 3.8) is 0 Å². The fourth-order valence-corrected chi connectivity index (χ4v) is 3.00. The molecule has 2 heterocycles. The van der Waals surface area contributed by atoms with Crippen LogP contribution in [0.4, 0.5) is 10.1 Å². The van der Waals surface area contributed by atoms with Crippen molar-refractivity contribution < 1.29 is 9.18 Å². The standard InChI is InChI=1S/C14H14FNO/c1-8-7-14(2,3)16-12(17)5-9-4-10(15)6-11(8)13(9)16/h4,6-7H,5H2,1-3H3. The molecule has 2 nitrogen and oxygen atoms in total. The maximum Gasteiger partial charge on any atom is 0.232 e. The van der Waals surface area contributed by atoms with Gasteiger partial charge < -0.3 is 4.90 Å². The van der Waals surface area contributed by atoms with Crippen molar-refractivity contribution in [1.29, 1.82) is 0 Å². The molecule has 0 atom stereocenters. The Morgan fingerprint density at radius 3 is 2.76 bits per heavy atom. The zero-order valence-electron chi connectivity index (χ0n) is 10.2. The average molecular weight is 231 g/mol. The third-order valence-electron chi connectivity index (χ3n) is 3.54. The first-order chi connectivity index (χ1) is 7.90. The number of carbonyl (C=O) groups is 1. The van der Waals surface area contributed by atoms with Gasteiger partial charge in [0.05, 0.1) is 17.6 Å². The molecule has 0 saturated heterocycles. The predicted molar refractivity (Wildman–Crippen MR) is 65.3 cm³/mol. The molecule has 0 aliphatic carbocycles. The number of carbonyl (C=O) groups excluding carboxylic acids is 1. The first-order valence-electron chi connectivity index (χ1n) is 5.75. The second kappa shape index (κ2) is 2.97. The number of benzene rings is 1. The molecule has 0 aromatic heterocycles. The van der Waals surface area contributed by atoms with Gasteiger partial charge in [0, 0.05) is 5.56 Å². The number of halogens is 1. The van der Waals surface area contributed by atoms with Crippen LogP contribution in [0, 0.1) is 5.82 Å². The van der Waals surface area contributed by atoms with Crippen LogP contribution in [0.25, 0.3) is 5.57 Å². The Labute approximate surface area is 99.7 Å². The fourth-order valence-electron chi connectivity index (χ4n) is 3.00. The SMILES string of the molecule is CC1=CC(C)(C)N2C(=O)Cc3cc(F)cc1c32. The van der Waals surface area contributed by atoms with E-state index in [2.05, 4.69) is 0 Å². The van der Waals surface area contributed by atoms with E-state index in [0.29, 0.717) is 6.42 Å². The van der Waals surface area contributed by atoms with Crippen LogP contribution in [0.2, 0.25) is 0 Å². The highest BCUT2D eigenvalue weighted by atomic mass is 19.1. The number of hydrogen-bond donors (Lipinski definition) is 0. The lowest BCUT2D eigenvalue weighted by molar-refractivity contribution is -0.118. The molecule has 17 heavy (non-hydrogen) atoms. The van der Waals surface area contributed by atoms with E-state index in [1.165, 1.54) is 12.1 Å². The molecule has 0 fully saturated rings. The molecule has 0 spiro atoms. The number of anilines is 1. The summed E-state index contributed by atoms with van der Waals surface area (Å²) in [6.07, 6.45) is 2.34. The van der Waals surface area contributed by atoms with Crippen LogP contribution in [-0.4, -0.2) is 11.4 Å². The van der Waals surface area contributed by atoms with E-state index in [0.717, 1.165) is 22.4 Å². The van der Waals surface area contributed by atoms with E-state index in [4.69, 9.17) is 0 Å². The van der Waals surface area contributed by atoms with Gasteiger partial charge in [0.15, 0.2) is 0 Å². The Morgan fingerprint density at radius 2 is 2.06 bits per heavy atom. The van der Waals surface area contributed by atoms with Gasteiger partial charge in [0.2, 0.25) is 5.91 Å². The monoisotopic (exact) mass is 231 g/mol. The van der Waals surface area contributed by atoms with E-state index in [1.807, 2.05) is 26.8 Å². The highest BCUT2D eigenvalue weighted by Gasteiger charge is 2.41. The van der Waals surface area contributed by atoms with Crippen LogP contribution in [0.15, 0.2) is 18.2 Å². The van der Waals surface area contributed by atoms with Crippen molar-refractivity contribution in [1.82, 2.24) is 0 Å². The molecule has 0 saturated carbocycles. The molecule has 1 aromatic rings. The number of amides is 1. The van der Waals surface area contributed by atoms with Crippen molar-refractivity contribution in [2.24, 2.45) is 0 Å². The van der Waals surface area contributed by atoms with E-state index in [9.17, 15) is 9.18 Å². The Kier molecular flexibility index (Phi) is 1.84. The number of allylic oxidation sites excluding steroid dienone is 1. The minimum Gasteiger partial charge on any atom is -0.302 e. The van der Waals surface area contributed by atoms with Gasteiger partial charge >= 0.3 is 0 Å². The van der Waals surface area contributed by atoms with Gasteiger partial charge in [-0.2, -0.15) is 0 Å². The first kappa shape index (κ1) is 10.5. The van der Waals surface area contributed by atoms with E-state index in [1.54, 1.807) is 4.90 Å². The van der Waals surface area contributed by atoms with Gasteiger partial charge in [-0.15, -0.1) is 0 Å². The molecule has 0 N–H and O–H groups in total. The van der Waals surface area contributed by atoms with Gasteiger partial charge in [-0.25, -0.2) is 4.39 Å². The maximum absolute atomic E-state index is 13.5. The smallest absolute Gasteiger partial charge is 0.232 e. The molecule has 2 aliphatic rings. The summed E-state index contributed by atoms with van der Waals surface area (Å²) in [4.78, 5) is 13.9. The van der Waals surface area contributed by atoms with E-state index >= 15 is 0 Å². The summed E-state index contributed by atoms with van der Waals surface area (Å²) in [7, 11) is 0. The lowest BCUT2D eigenvalue weighted by Gasteiger charge is -2.38. The topological polar surface area (TPSA) is 20.3 Å². The third-order valence-corrected chi connectivity index (χ3v) is 3.54. The van der Waals surface area contributed by atoms with E-state index < -0.39 is 0 Å². The molecule has 0 bridgehead atoms. The summed E-state index contributed by atoms with van der Waals surface area (Å²) in [5, 5.41) is 0. The average Bonchev–Trinajstić information content (AvgIpc) is 2.50. The van der Waals surface area contributed by atoms with E-state index in [-0.39, 0.29) is 17.3 Å². The van der Waals surface area contributed by atoms with Crippen LogP contribution in [0.1, 0.15) is 31.9 Å². The Bertz CT molecular complexity index is 572. The molecule has 0 unspecified atom stereocenters. The molecule has 1 aromatic carbocycles. The van der Waals surface area contributed by atoms with Crippen LogP contribution in [0.5, 0.6) is 0 Å². The van der Waals surface area contributed by atoms with Crippen molar-refractivity contribution in [2.45, 2.75) is 32.7 Å². The highest BCUT2D eigenvalue weighted by molar-refractivity contribution is 6.07. The molecule has 0 radical (unpaired) electrons. The lowest BCUT2D eigenvalue weighted by Crippen LogP contribution is -2.46. The van der Waals surface area contributed by atoms with Gasteiger partial charge in [-0.1, -0.05) is 6.08 Å². The number of nitrogens with zero attached hydrogens (tertiary/aromatic N) is 1. The Hall–Kier alpha value is -1.64. The normalized spacial score (nSPS) is 20.4. The predicted octanol–water partition coefficient (Wildman–Crippen LogP) is 2.91. The summed E-state index contributed by atoms with van der Waals surface area (Å²) < 4.78 is 13.5. The molecular weight excluding hydrogens is 217 g/mol. The maximum atomic E-state index is 13.5. The van der Waals surface area contributed by atoms with Crippen LogP contribution >= 0.6 is 0 Å². The largest absolute Gasteiger partial charge is 0.302 e. The van der Waals surface area contributed by atoms with Gasteiger partial charge in [0.25, 0.3) is 0 Å². The minimum atomic E-state index is -0.322. The number of rotatable bonds is 0. The fraction of sp³-hybridized carbons (Fsp3) is 0.357. The Balaban J connectivity index is 2.36. The zero-order chi connectivity index (χ0) is 12.4. The van der Waals surface area contributed by atoms with Crippen molar-refractivity contribution in [3.05, 3.63) is 35.2 Å². The van der Waals surface area contributed by atoms with Gasteiger partial charge in [-0.3, -0.25) is 4.79 Å². The van der Waals surface area contributed by atoms with Crippen molar-refractivity contribution in [2.75, 3.05) is 4.90 Å². The number of hydrogen-bond acceptors (Lipinski definition) is 1. The molecule has 2 aliphatic heterocycles. The second-order valence-corrected chi connectivity index (χ2v) is 5.35. The van der Waals surface area contributed by atoms with Gasteiger partial charge in [0.1, 0.15) is 5.82 Å². The zero-order valence-corrected chi connectivity index (χ0v) is 10.2. The summed E-state index contributed by atoms with van der Waals surface area (Å²) >= 11 is 0. The summed E-state index contributed by atoms with van der Waals surface area (Å²) in [5.74, 6) is -0.207. The van der Waals surface area contributed by atoms with Crippen molar-refractivity contribution >= 4 is 17.2 Å². The van der Waals surface area contributed by atoms with Crippen LogP contribution < -0.4 is 4.90 Å². The summed E-state index contributed by atoms with van der Waals surface area (Å²) in [6, 6.07) is 3.00. The molecule has 3 heteroatoms. The van der Waals surface area contributed by atoms with Crippen LogP contribution in [0.3, 0.4) is 0 Å². The van der Waals surface area contributed by atoms with Crippen molar-refractivity contribution in [3.8, 4) is 0 Å². The lowest BCUT2D eigenvalue weighted by atomic mass is 9.89. The highest BCUT2D eigenvalue weighted by Crippen LogP contribution is 2.45. The van der Waals surface area contributed by atoms with Crippen LogP contribution in [-0.2, 0) is 11.2 Å². The Morgan fingerprint density at radius 1 is 1.35 bits per heavy atom. The molecule has 1 amide bonds. The first-order valence-corrected chi connectivity index (χ1v) is 5.75. The third kappa shape index (κ3) is 1.28. The van der Waals surface area contributed by atoms with Gasteiger partial charge in [-0.05, 0) is 44.0 Å². The summed E-state index contributed by atoms with van der Waals surface area (Å²) in [5.41, 5.74) is 3.28. The molecule has 88 valence electrons.